The van der Waals surface area contributed by atoms with E-state index in [4.69, 9.17) is 27.9 Å². The third-order valence-electron chi connectivity index (χ3n) is 3.37. The van der Waals surface area contributed by atoms with Crippen LogP contribution in [0.1, 0.15) is 10.1 Å². The van der Waals surface area contributed by atoms with Crippen LogP contribution in [0.25, 0.3) is 0 Å². The highest BCUT2D eigenvalue weighted by Gasteiger charge is 2.18. The molecule has 2 aromatic rings. The maximum atomic E-state index is 12.0. The Morgan fingerprint density at radius 2 is 1.83 bits per heavy atom. The molecule has 3 nitrogen and oxygen atoms in total. The minimum Gasteiger partial charge on any atom is -0.484 e. The fourth-order valence-electron chi connectivity index (χ4n) is 2.21. The van der Waals surface area contributed by atoms with Crippen LogP contribution in [0.5, 0.6) is 5.75 Å². The lowest BCUT2D eigenvalue weighted by Gasteiger charge is -2.11. The molecule has 1 fully saturated rings. The zero-order valence-electron chi connectivity index (χ0n) is 12.6. The monoisotopic (exact) mass is 399 g/mol. The van der Waals surface area contributed by atoms with Gasteiger partial charge in [0.25, 0.3) is 5.91 Å². The first-order valence-corrected chi connectivity index (χ1v) is 10.2. The van der Waals surface area contributed by atoms with Crippen molar-refractivity contribution >= 4 is 58.3 Å². The molecule has 0 aromatic heterocycles. The number of rotatable bonds is 5. The molecule has 1 heterocycles. The van der Waals surface area contributed by atoms with Gasteiger partial charge < -0.3 is 10.1 Å². The Hall–Kier alpha value is -1.01. The average molecular weight is 400 g/mol. The number of carbonyl (C=O) groups is 1. The fourth-order valence-corrected chi connectivity index (χ4v) is 5.41. The van der Waals surface area contributed by atoms with Gasteiger partial charge in [0.1, 0.15) is 5.75 Å². The van der Waals surface area contributed by atoms with Crippen molar-refractivity contribution in [3.8, 4) is 5.75 Å². The van der Waals surface area contributed by atoms with E-state index in [9.17, 15) is 4.79 Å². The smallest absolute Gasteiger partial charge is 0.262 e. The Morgan fingerprint density at radius 3 is 2.54 bits per heavy atom. The van der Waals surface area contributed by atoms with E-state index in [0.29, 0.717) is 26.1 Å². The van der Waals surface area contributed by atoms with Gasteiger partial charge in [-0.15, -0.1) is 23.5 Å². The minimum atomic E-state index is -0.287. The highest BCUT2D eigenvalue weighted by atomic mass is 35.5. The minimum absolute atomic E-state index is 0.0882. The summed E-state index contributed by atoms with van der Waals surface area (Å²) in [5.74, 6) is 2.77. The fraction of sp³-hybridized carbons (Fsp3) is 0.235. The first-order valence-electron chi connectivity index (χ1n) is 7.33. The molecule has 1 amide bonds. The van der Waals surface area contributed by atoms with Crippen LogP contribution in [-0.2, 0) is 4.79 Å². The number of hydrogen-bond acceptors (Lipinski definition) is 4. The lowest BCUT2D eigenvalue weighted by molar-refractivity contribution is -0.118. The van der Waals surface area contributed by atoms with Crippen molar-refractivity contribution in [1.82, 2.24) is 0 Å². The van der Waals surface area contributed by atoms with Crippen molar-refractivity contribution < 1.29 is 9.53 Å². The molecule has 126 valence electrons. The third kappa shape index (κ3) is 4.54. The number of anilines is 1. The summed E-state index contributed by atoms with van der Waals surface area (Å²) in [4.78, 5) is 12.0. The van der Waals surface area contributed by atoms with Gasteiger partial charge in [-0.2, -0.15) is 0 Å². The summed E-state index contributed by atoms with van der Waals surface area (Å²) in [5.41, 5.74) is 1.76. The molecule has 2 aromatic carbocycles. The summed E-state index contributed by atoms with van der Waals surface area (Å²) in [6.45, 7) is -0.0882. The van der Waals surface area contributed by atoms with E-state index in [2.05, 4.69) is 17.4 Å². The maximum absolute atomic E-state index is 12.0. The maximum Gasteiger partial charge on any atom is 0.262 e. The Kier molecular flexibility index (Phi) is 6.22. The van der Waals surface area contributed by atoms with Crippen LogP contribution in [0, 0.1) is 0 Å². The second kappa shape index (κ2) is 8.39. The van der Waals surface area contributed by atoms with Crippen molar-refractivity contribution in [2.45, 2.75) is 4.58 Å². The molecule has 0 radical (unpaired) electrons. The van der Waals surface area contributed by atoms with Crippen molar-refractivity contribution in [3.05, 3.63) is 58.1 Å². The summed E-state index contributed by atoms with van der Waals surface area (Å²) >= 11 is 15.9. The van der Waals surface area contributed by atoms with Gasteiger partial charge in [0.05, 0.1) is 20.3 Å². The van der Waals surface area contributed by atoms with Gasteiger partial charge in [-0.3, -0.25) is 4.79 Å². The topological polar surface area (TPSA) is 38.3 Å². The molecule has 0 atom stereocenters. The van der Waals surface area contributed by atoms with Crippen LogP contribution in [0.2, 0.25) is 10.0 Å². The van der Waals surface area contributed by atoms with E-state index in [1.165, 1.54) is 17.1 Å². The summed E-state index contributed by atoms with van der Waals surface area (Å²) < 4.78 is 6.03. The van der Waals surface area contributed by atoms with Gasteiger partial charge in [0.15, 0.2) is 6.61 Å². The molecule has 1 aliphatic heterocycles. The van der Waals surface area contributed by atoms with E-state index in [1.54, 1.807) is 18.2 Å². The summed E-state index contributed by atoms with van der Waals surface area (Å²) in [7, 11) is 0. The Labute approximate surface area is 159 Å². The van der Waals surface area contributed by atoms with Crippen molar-refractivity contribution in [2.75, 3.05) is 23.4 Å². The van der Waals surface area contributed by atoms with Crippen LogP contribution in [0.15, 0.2) is 42.5 Å². The molecule has 0 spiro atoms. The second-order valence-corrected chi connectivity index (χ2v) is 8.59. The Morgan fingerprint density at radius 1 is 1.12 bits per heavy atom. The molecule has 1 aliphatic rings. The molecule has 0 bridgehead atoms. The van der Waals surface area contributed by atoms with Crippen molar-refractivity contribution in [3.63, 3.8) is 0 Å². The lowest BCUT2D eigenvalue weighted by Crippen LogP contribution is -2.20. The summed E-state index contributed by atoms with van der Waals surface area (Å²) in [6, 6.07) is 13.0. The standard InChI is InChI=1S/C17H15Cl2NO2S2/c18-13-2-1-3-14(16(13)19)20-15(21)10-22-12-6-4-11(5-7-12)17-23-8-9-24-17/h1-7,17H,8-10H2,(H,20,21). The number of benzene rings is 2. The molecule has 24 heavy (non-hydrogen) atoms. The van der Waals surface area contributed by atoms with Gasteiger partial charge >= 0.3 is 0 Å². The van der Waals surface area contributed by atoms with Crippen LogP contribution in [-0.4, -0.2) is 24.0 Å². The van der Waals surface area contributed by atoms with Crippen LogP contribution in [0.3, 0.4) is 0 Å². The summed E-state index contributed by atoms with van der Waals surface area (Å²) in [5, 5.41) is 3.41. The van der Waals surface area contributed by atoms with E-state index >= 15 is 0 Å². The zero-order valence-corrected chi connectivity index (χ0v) is 15.8. The van der Waals surface area contributed by atoms with E-state index in [-0.39, 0.29) is 12.5 Å². The van der Waals surface area contributed by atoms with E-state index in [1.807, 2.05) is 35.7 Å². The molecule has 3 rings (SSSR count). The predicted molar refractivity (Wildman–Crippen MR) is 105 cm³/mol. The number of nitrogens with one attached hydrogen (secondary N) is 1. The van der Waals surface area contributed by atoms with E-state index < -0.39 is 0 Å². The van der Waals surface area contributed by atoms with E-state index in [0.717, 1.165) is 0 Å². The largest absolute Gasteiger partial charge is 0.484 e. The second-order valence-electron chi connectivity index (χ2n) is 5.08. The molecule has 0 saturated carbocycles. The number of halogens is 2. The molecule has 1 N–H and O–H groups in total. The predicted octanol–water partition coefficient (Wildman–Crippen LogP) is 5.49. The number of amides is 1. The number of carbonyl (C=O) groups excluding carboxylic acids is 1. The molecular weight excluding hydrogens is 385 g/mol. The average Bonchev–Trinajstić information content (AvgIpc) is 3.12. The van der Waals surface area contributed by atoms with Crippen molar-refractivity contribution in [1.29, 1.82) is 0 Å². The molecule has 0 aliphatic carbocycles. The first-order chi connectivity index (χ1) is 11.6. The summed E-state index contributed by atoms with van der Waals surface area (Å²) in [6.07, 6.45) is 0. The van der Waals surface area contributed by atoms with Gasteiger partial charge in [-0.25, -0.2) is 0 Å². The highest BCUT2D eigenvalue weighted by Crippen LogP contribution is 2.45. The Balaban J connectivity index is 1.53. The van der Waals surface area contributed by atoms with Gasteiger partial charge in [0.2, 0.25) is 0 Å². The highest BCUT2D eigenvalue weighted by molar-refractivity contribution is 8.19. The SMILES string of the molecule is O=C(COc1ccc(C2SCCS2)cc1)Nc1cccc(Cl)c1Cl. The molecule has 1 saturated heterocycles. The zero-order chi connectivity index (χ0) is 16.9. The molecular formula is C17H15Cl2NO2S2. The molecule has 7 heteroatoms. The number of hydrogen-bond donors (Lipinski definition) is 1. The van der Waals surface area contributed by atoms with Gasteiger partial charge in [-0.05, 0) is 29.8 Å². The normalized spacial score (nSPS) is 14.6. The molecule has 0 unspecified atom stereocenters. The van der Waals surface area contributed by atoms with Gasteiger partial charge in [0, 0.05) is 11.5 Å². The quantitative estimate of drug-likeness (QED) is 0.720. The van der Waals surface area contributed by atoms with Crippen molar-refractivity contribution in [2.24, 2.45) is 0 Å². The first kappa shape index (κ1) is 17.8. The van der Waals surface area contributed by atoms with Crippen LogP contribution >= 0.6 is 46.7 Å². The number of ether oxygens (including phenoxy) is 1. The van der Waals surface area contributed by atoms with Crippen LogP contribution < -0.4 is 10.1 Å². The number of thioether (sulfide) groups is 2. The van der Waals surface area contributed by atoms with Crippen LogP contribution in [0.4, 0.5) is 5.69 Å². The van der Waals surface area contributed by atoms with Gasteiger partial charge in [-0.1, -0.05) is 41.4 Å². The Bertz CT molecular complexity index is 719. The third-order valence-corrected chi connectivity index (χ3v) is 7.29. The lowest BCUT2D eigenvalue weighted by atomic mass is 10.2.